The van der Waals surface area contributed by atoms with Crippen molar-refractivity contribution in [3.8, 4) is 0 Å². The van der Waals surface area contributed by atoms with Crippen LogP contribution >= 0.6 is 0 Å². The number of rotatable bonds is 2. The van der Waals surface area contributed by atoms with E-state index in [2.05, 4.69) is 45.0 Å². The van der Waals surface area contributed by atoms with Crippen molar-refractivity contribution in [3.63, 3.8) is 0 Å². The van der Waals surface area contributed by atoms with Crippen molar-refractivity contribution in [2.24, 2.45) is 4.99 Å². The van der Waals surface area contributed by atoms with Crippen molar-refractivity contribution in [2.45, 2.75) is 63.8 Å². The highest BCUT2D eigenvalue weighted by atomic mass is 16.5. The lowest BCUT2D eigenvalue weighted by molar-refractivity contribution is 0.241. The van der Waals surface area contributed by atoms with Crippen molar-refractivity contribution < 1.29 is 4.74 Å². The second kappa shape index (κ2) is 4.91. The van der Waals surface area contributed by atoms with Crippen LogP contribution in [0.3, 0.4) is 0 Å². The fraction of sp³-hybridized carbons (Fsp3) is 0.611. The van der Waals surface area contributed by atoms with E-state index in [1.54, 1.807) is 0 Å². The third-order valence-corrected chi connectivity index (χ3v) is 4.74. The van der Waals surface area contributed by atoms with Crippen LogP contribution in [-0.2, 0) is 10.2 Å². The zero-order chi connectivity index (χ0) is 14.2. The van der Waals surface area contributed by atoms with Gasteiger partial charge in [-0.2, -0.15) is 0 Å². The van der Waals surface area contributed by atoms with Crippen LogP contribution in [0.25, 0.3) is 0 Å². The molecule has 0 saturated heterocycles. The van der Waals surface area contributed by atoms with Crippen LogP contribution in [0.1, 0.15) is 57.1 Å². The summed E-state index contributed by atoms with van der Waals surface area (Å²) in [6, 6.07) is 8.76. The van der Waals surface area contributed by atoms with E-state index in [4.69, 9.17) is 9.73 Å². The lowest BCUT2D eigenvalue weighted by atomic mass is 9.68. The van der Waals surface area contributed by atoms with Crippen LogP contribution in [0.4, 0.5) is 0 Å². The number of aliphatic imine (C=N–C) groups is 1. The zero-order valence-corrected chi connectivity index (χ0v) is 12.9. The minimum absolute atomic E-state index is 0.0252. The Morgan fingerprint density at radius 3 is 2.35 bits per heavy atom. The van der Waals surface area contributed by atoms with Crippen molar-refractivity contribution >= 4 is 5.90 Å². The molecule has 0 N–H and O–H groups in total. The molecular formula is C18H25NO. The number of hydrogen-bond donors (Lipinski definition) is 0. The van der Waals surface area contributed by atoms with Crippen LogP contribution in [0.5, 0.6) is 0 Å². The maximum atomic E-state index is 6.07. The molecule has 0 aromatic heterocycles. The van der Waals surface area contributed by atoms with Gasteiger partial charge in [-0.25, -0.2) is 4.99 Å². The van der Waals surface area contributed by atoms with Gasteiger partial charge >= 0.3 is 0 Å². The molecule has 0 spiro atoms. The number of benzene rings is 1. The van der Waals surface area contributed by atoms with Gasteiger partial charge in [0.05, 0.1) is 11.0 Å². The highest BCUT2D eigenvalue weighted by Crippen LogP contribution is 2.44. The number of ether oxygens (including phenoxy) is 1. The Hall–Kier alpha value is -1.31. The summed E-state index contributed by atoms with van der Waals surface area (Å²) in [5.41, 5.74) is 2.75. The van der Waals surface area contributed by atoms with E-state index < -0.39 is 0 Å². The first-order valence-electron chi connectivity index (χ1n) is 7.83. The van der Waals surface area contributed by atoms with Crippen molar-refractivity contribution in [1.29, 1.82) is 0 Å². The molecule has 1 aromatic rings. The standard InChI is InChI=1S/C18H25NO/c1-14-9-5-6-10-15(14)18(11-7-4-8-12-18)16-19-17(2,3)13-20-16/h5-6,9-10H,4,7-8,11-13H2,1-3H3. The fourth-order valence-corrected chi connectivity index (χ4v) is 3.69. The van der Waals surface area contributed by atoms with Crippen LogP contribution < -0.4 is 0 Å². The van der Waals surface area contributed by atoms with E-state index in [0.29, 0.717) is 0 Å². The molecule has 1 fully saturated rings. The lowest BCUT2D eigenvalue weighted by Gasteiger charge is -2.37. The molecule has 1 saturated carbocycles. The third kappa shape index (κ3) is 2.25. The molecule has 108 valence electrons. The molecular weight excluding hydrogens is 246 g/mol. The molecule has 2 heteroatoms. The smallest absolute Gasteiger partial charge is 0.194 e. The molecule has 3 rings (SSSR count). The highest BCUT2D eigenvalue weighted by molar-refractivity contribution is 5.90. The summed E-state index contributed by atoms with van der Waals surface area (Å²) < 4.78 is 6.07. The molecule has 2 aliphatic rings. The maximum absolute atomic E-state index is 6.07. The zero-order valence-electron chi connectivity index (χ0n) is 12.9. The molecule has 1 aromatic carbocycles. The molecule has 0 bridgehead atoms. The Bertz CT molecular complexity index is 524. The van der Waals surface area contributed by atoms with Crippen molar-refractivity contribution in [3.05, 3.63) is 35.4 Å². The average molecular weight is 271 g/mol. The first-order valence-corrected chi connectivity index (χ1v) is 7.83. The second-order valence-electron chi connectivity index (χ2n) is 6.98. The summed E-state index contributed by atoms with van der Waals surface area (Å²) in [5, 5.41) is 0. The molecule has 0 amide bonds. The molecule has 1 heterocycles. The van der Waals surface area contributed by atoms with Gasteiger partial charge in [0.25, 0.3) is 0 Å². The SMILES string of the molecule is Cc1ccccc1C1(C2=NC(C)(C)CO2)CCCCC1. The van der Waals surface area contributed by atoms with E-state index in [-0.39, 0.29) is 11.0 Å². The Labute approximate surface area is 122 Å². The molecule has 1 aliphatic carbocycles. The molecule has 2 nitrogen and oxygen atoms in total. The fourth-order valence-electron chi connectivity index (χ4n) is 3.69. The maximum Gasteiger partial charge on any atom is 0.194 e. The Balaban J connectivity index is 2.08. The van der Waals surface area contributed by atoms with Gasteiger partial charge in [-0.3, -0.25) is 0 Å². The minimum atomic E-state index is -0.0670. The first kappa shape index (κ1) is 13.7. The van der Waals surface area contributed by atoms with Gasteiger partial charge in [-0.05, 0) is 44.7 Å². The van der Waals surface area contributed by atoms with Crippen molar-refractivity contribution in [2.75, 3.05) is 6.61 Å². The van der Waals surface area contributed by atoms with Gasteiger partial charge in [0.15, 0.2) is 5.90 Å². The van der Waals surface area contributed by atoms with E-state index in [9.17, 15) is 0 Å². The number of aryl methyl sites for hydroxylation is 1. The van der Waals surface area contributed by atoms with Gasteiger partial charge in [0.1, 0.15) is 6.61 Å². The van der Waals surface area contributed by atoms with Crippen molar-refractivity contribution in [1.82, 2.24) is 0 Å². The number of hydrogen-bond acceptors (Lipinski definition) is 2. The summed E-state index contributed by atoms with van der Waals surface area (Å²) in [5.74, 6) is 0.997. The monoisotopic (exact) mass is 271 g/mol. The van der Waals surface area contributed by atoms with E-state index in [1.807, 2.05) is 0 Å². The van der Waals surface area contributed by atoms with Crippen LogP contribution in [0, 0.1) is 6.92 Å². The van der Waals surface area contributed by atoms with Gasteiger partial charge in [0, 0.05) is 0 Å². The third-order valence-electron chi connectivity index (χ3n) is 4.74. The molecule has 20 heavy (non-hydrogen) atoms. The summed E-state index contributed by atoms with van der Waals surface area (Å²) in [6.07, 6.45) is 6.23. The topological polar surface area (TPSA) is 21.6 Å². The first-order chi connectivity index (χ1) is 9.54. The number of nitrogens with zero attached hydrogens (tertiary/aromatic N) is 1. The molecule has 0 unspecified atom stereocenters. The quantitative estimate of drug-likeness (QED) is 0.781. The molecule has 1 aliphatic heterocycles. The lowest BCUT2D eigenvalue weighted by Crippen LogP contribution is -2.39. The highest BCUT2D eigenvalue weighted by Gasteiger charge is 2.45. The van der Waals surface area contributed by atoms with Crippen LogP contribution in [-0.4, -0.2) is 18.0 Å². The molecule has 0 radical (unpaired) electrons. The predicted molar refractivity (Wildman–Crippen MR) is 83.4 cm³/mol. The van der Waals surface area contributed by atoms with E-state index in [0.717, 1.165) is 12.5 Å². The summed E-state index contributed by atoms with van der Waals surface area (Å²) in [4.78, 5) is 4.93. The van der Waals surface area contributed by atoms with Gasteiger partial charge in [-0.1, -0.05) is 43.5 Å². The second-order valence-corrected chi connectivity index (χ2v) is 6.98. The molecule has 0 atom stereocenters. The van der Waals surface area contributed by atoms with Gasteiger partial charge < -0.3 is 4.74 Å². The normalized spacial score (nSPS) is 24.1. The van der Waals surface area contributed by atoms with E-state index in [1.165, 1.54) is 43.2 Å². The van der Waals surface area contributed by atoms with Crippen LogP contribution in [0.2, 0.25) is 0 Å². The van der Waals surface area contributed by atoms with E-state index >= 15 is 0 Å². The summed E-state index contributed by atoms with van der Waals surface area (Å²) in [7, 11) is 0. The summed E-state index contributed by atoms with van der Waals surface area (Å²) >= 11 is 0. The summed E-state index contributed by atoms with van der Waals surface area (Å²) in [6.45, 7) is 7.26. The Morgan fingerprint density at radius 2 is 1.75 bits per heavy atom. The van der Waals surface area contributed by atoms with Crippen LogP contribution in [0.15, 0.2) is 29.3 Å². The minimum Gasteiger partial charge on any atom is -0.478 e. The average Bonchev–Trinajstić information content (AvgIpc) is 2.81. The predicted octanol–water partition coefficient (Wildman–Crippen LogP) is 4.40. The van der Waals surface area contributed by atoms with Gasteiger partial charge in [0.2, 0.25) is 0 Å². The largest absolute Gasteiger partial charge is 0.478 e. The van der Waals surface area contributed by atoms with Gasteiger partial charge in [-0.15, -0.1) is 0 Å². The Morgan fingerprint density at radius 1 is 1.05 bits per heavy atom. The Kier molecular flexibility index (Phi) is 3.35.